The highest BCUT2D eigenvalue weighted by Crippen LogP contribution is 2.09. The van der Waals surface area contributed by atoms with E-state index in [2.05, 4.69) is 9.98 Å². The van der Waals surface area contributed by atoms with E-state index in [0.29, 0.717) is 12.3 Å². The fourth-order valence-corrected chi connectivity index (χ4v) is 0.762. The summed E-state index contributed by atoms with van der Waals surface area (Å²) in [5.41, 5.74) is 0. The highest BCUT2D eigenvalue weighted by molar-refractivity contribution is 5.36. The molecule has 0 rings (SSSR count). The Balaban J connectivity index is 3.95. The molecule has 0 fully saturated rings. The van der Waals surface area contributed by atoms with Crippen molar-refractivity contribution in [3.63, 3.8) is 0 Å². The highest BCUT2D eigenvalue weighted by Gasteiger charge is 2.04. The topological polar surface area (TPSA) is 58.9 Å². The lowest BCUT2D eigenvalue weighted by Gasteiger charge is -2.04. The monoisotopic (exact) mass is 168 g/mol. The summed E-state index contributed by atoms with van der Waals surface area (Å²) in [6.45, 7) is 4.10. The van der Waals surface area contributed by atoms with Gasteiger partial charge in [0.2, 0.25) is 12.2 Å². The van der Waals surface area contributed by atoms with Crippen molar-refractivity contribution >= 4 is 12.2 Å². The molecule has 66 valence electrons. The molecule has 0 bridgehead atoms. The number of aliphatic imine (C=N–C) groups is 2. The molecular weight excluding hydrogens is 156 g/mol. The zero-order valence-electron chi connectivity index (χ0n) is 7.28. The molecule has 0 unspecified atom stereocenters. The predicted molar refractivity (Wildman–Crippen MR) is 44.1 cm³/mol. The average Bonchev–Trinajstić information content (AvgIpc) is 2.01. The Morgan fingerprint density at radius 3 is 1.92 bits per heavy atom. The van der Waals surface area contributed by atoms with E-state index in [1.807, 2.05) is 13.8 Å². The normalized spacial score (nSPS) is 11.6. The van der Waals surface area contributed by atoms with Crippen LogP contribution in [0.3, 0.4) is 0 Å². The van der Waals surface area contributed by atoms with Crippen LogP contribution < -0.4 is 0 Å². The molecule has 0 spiro atoms. The first-order valence-electron chi connectivity index (χ1n) is 3.84. The van der Waals surface area contributed by atoms with Crippen LogP contribution in [0.25, 0.3) is 0 Å². The van der Waals surface area contributed by atoms with Gasteiger partial charge in [-0.05, 0) is 18.8 Å². The van der Waals surface area contributed by atoms with Gasteiger partial charge in [-0.2, -0.15) is 9.98 Å². The van der Waals surface area contributed by atoms with E-state index in [4.69, 9.17) is 0 Å². The van der Waals surface area contributed by atoms with Gasteiger partial charge in [0.1, 0.15) is 0 Å². The molecule has 0 radical (unpaired) electrons. The Hall–Kier alpha value is -1.24. The summed E-state index contributed by atoms with van der Waals surface area (Å²) in [5.74, 6) is 0.510. The summed E-state index contributed by atoms with van der Waals surface area (Å²) in [5, 5.41) is 0. The van der Waals surface area contributed by atoms with E-state index in [-0.39, 0.29) is 0 Å². The Labute approximate surface area is 71.4 Å². The van der Waals surface area contributed by atoms with E-state index in [0.717, 1.165) is 6.42 Å². The number of carbonyl (C=O) groups excluding carboxylic acids is 2. The van der Waals surface area contributed by atoms with Gasteiger partial charge in [0, 0.05) is 0 Å². The van der Waals surface area contributed by atoms with Crippen molar-refractivity contribution in [3.8, 4) is 0 Å². The maximum absolute atomic E-state index is 9.85. The molecule has 0 aromatic heterocycles. The van der Waals surface area contributed by atoms with Crippen molar-refractivity contribution < 1.29 is 9.59 Å². The first kappa shape index (κ1) is 10.8. The number of rotatable bonds is 5. The highest BCUT2D eigenvalue weighted by atomic mass is 16.1. The minimum Gasteiger partial charge on any atom is -0.211 e. The fourth-order valence-electron chi connectivity index (χ4n) is 0.762. The number of isocyanates is 2. The first-order valence-corrected chi connectivity index (χ1v) is 3.84. The SMILES string of the molecule is CC(C)CCC(N=C=O)N=C=O. The molecule has 0 atom stereocenters. The molecule has 4 heteroatoms. The number of hydrogen-bond donors (Lipinski definition) is 0. The summed E-state index contributed by atoms with van der Waals surface area (Å²) < 4.78 is 0. The molecule has 0 aliphatic carbocycles. The van der Waals surface area contributed by atoms with Crippen LogP contribution in [0, 0.1) is 5.92 Å². The maximum atomic E-state index is 9.85. The lowest BCUT2D eigenvalue weighted by Crippen LogP contribution is -2.02. The third kappa shape index (κ3) is 5.54. The minimum absolute atomic E-state index is 0.510. The number of hydrogen-bond acceptors (Lipinski definition) is 4. The van der Waals surface area contributed by atoms with Gasteiger partial charge in [0.15, 0.2) is 6.17 Å². The zero-order valence-corrected chi connectivity index (χ0v) is 7.28. The van der Waals surface area contributed by atoms with Gasteiger partial charge in [-0.15, -0.1) is 0 Å². The third-order valence-electron chi connectivity index (χ3n) is 1.41. The molecule has 0 aliphatic rings. The molecule has 4 nitrogen and oxygen atoms in total. The summed E-state index contributed by atoms with van der Waals surface area (Å²) in [6.07, 6.45) is 3.65. The van der Waals surface area contributed by atoms with E-state index in [1.54, 1.807) is 0 Å². The smallest absolute Gasteiger partial charge is 0.211 e. The Morgan fingerprint density at radius 2 is 1.58 bits per heavy atom. The van der Waals surface area contributed by atoms with Crippen LogP contribution in [-0.2, 0) is 9.59 Å². The molecule has 12 heavy (non-hydrogen) atoms. The quantitative estimate of drug-likeness (QED) is 0.460. The van der Waals surface area contributed by atoms with Crippen LogP contribution in [-0.4, -0.2) is 18.3 Å². The van der Waals surface area contributed by atoms with Crippen molar-refractivity contribution in [2.24, 2.45) is 15.9 Å². The van der Waals surface area contributed by atoms with Gasteiger partial charge >= 0.3 is 0 Å². The summed E-state index contributed by atoms with van der Waals surface area (Å²) >= 11 is 0. The van der Waals surface area contributed by atoms with Gasteiger partial charge in [-0.1, -0.05) is 13.8 Å². The second kappa shape index (κ2) is 6.47. The van der Waals surface area contributed by atoms with Crippen LogP contribution >= 0.6 is 0 Å². The van der Waals surface area contributed by atoms with Crippen molar-refractivity contribution in [1.82, 2.24) is 0 Å². The van der Waals surface area contributed by atoms with Crippen molar-refractivity contribution in [3.05, 3.63) is 0 Å². The van der Waals surface area contributed by atoms with Gasteiger partial charge < -0.3 is 0 Å². The van der Waals surface area contributed by atoms with Gasteiger partial charge in [0.05, 0.1) is 0 Å². The lowest BCUT2D eigenvalue weighted by atomic mass is 10.1. The van der Waals surface area contributed by atoms with Gasteiger partial charge in [0.25, 0.3) is 0 Å². The second-order valence-corrected chi connectivity index (χ2v) is 2.89. The molecule has 0 saturated heterocycles. The molecule has 0 aliphatic heterocycles. The van der Waals surface area contributed by atoms with Gasteiger partial charge in [-0.25, -0.2) is 9.59 Å². The number of nitrogens with zero attached hydrogens (tertiary/aromatic N) is 2. The first-order chi connectivity index (χ1) is 5.70. The average molecular weight is 168 g/mol. The van der Waals surface area contributed by atoms with E-state index < -0.39 is 6.17 Å². The largest absolute Gasteiger partial charge is 0.237 e. The zero-order chi connectivity index (χ0) is 9.40. The third-order valence-corrected chi connectivity index (χ3v) is 1.41. The molecule has 0 aromatic rings. The van der Waals surface area contributed by atoms with E-state index >= 15 is 0 Å². The molecular formula is C8H12N2O2. The lowest BCUT2D eigenvalue weighted by molar-refractivity contribution is 0.494. The maximum Gasteiger partial charge on any atom is 0.237 e. The second-order valence-electron chi connectivity index (χ2n) is 2.89. The summed E-state index contributed by atoms with van der Waals surface area (Å²) in [4.78, 5) is 26.4. The van der Waals surface area contributed by atoms with Crippen LogP contribution in [0.2, 0.25) is 0 Å². The van der Waals surface area contributed by atoms with Crippen molar-refractivity contribution in [2.45, 2.75) is 32.9 Å². The standard InChI is InChI=1S/C8H12N2O2/c1-7(2)3-4-8(9-5-11)10-6-12/h7-8H,3-4H2,1-2H3. The molecule has 0 heterocycles. The Kier molecular flexibility index (Phi) is 5.80. The predicted octanol–water partition coefficient (Wildman–Crippen LogP) is 1.42. The minimum atomic E-state index is -0.581. The fraction of sp³-hybridized carbons (Fsp3) is 0.750. The van der Waals surface area contributed by atoms with Crippen LogP contribution in [0.1, 0.15) is 26.7 Å². The molecule has 0 aromatic carbocycles. The van der Waals surface area contributed by atoms with Crippen LogP contribution in [0.15, 0.2) is 9.98 Å². The van der Waals surface area contributed by atoms with Crippen LogP contribution in [0.5, 0.6) is 0 Å². The van der Waals surface area contributed by atoms with Crippen molar-refractivity contribution in [1.29, 1.82) is 0 Å². The molecule has 0 saturated carbocycles. The Morgan fingerprint density at radius 1 is 1.08 bits per heavy atom. The van der Waals surface area contributed by atoms with E-state index in [1.165, 1.54) is 12.2 Å². The molecule has 0 amide bonds. The summed E-state index contributed by atoms with van der Waals surface area (Å²) in [7, 11) is 0. The van der Waals surface area contributed by atoms with E-state index in [9.17, 15) is 9.59 Å². The van der Waals surface area contributed by atoms with Gasteiger partial charge in [-0.3, -0.25) is 0 Å². The Bertz CT molecular complexity index is 195. The summed E-state index contributed by atoms with van der Waals surface area (Å²) in [6, 6.07) is 0. The van der Waals surface area contributed by atoms with Crippen molar-refractivity contribution in [2.75, 3.05) is 0 Å². The van der Waals surface area contributed by atoms with Crippen LogP contribution in [0.4, 0.5) is 0 Å². The molecule has 0 N–H and O–H groups in total.